The molecule has 3 nitrogen and oxygen atoms in total. The van der Waals surface area contributed by atoms with Crippen molar-refractivity contribution in [3.8, 4) is 0 Å². The SMILES string of the molecule is C=CC(C)(O)COC(=O)/C(C)=C\C. The van der Waals surface area contributed by atoms with Crippen LogP contribution < -0.4 is 0 Å². The van der Waals surface area contributed by atoms with Crippen molar-refractivity contribution in [1.29, 1.82) is 0 Å². The van der Waals surface area contributed by atoms with Crippen molar-refractivity contribution < 1.29 is 14.6 Å². The highest BCUT2D eigenvalue weighted by atomic mass is 16.5. The molecule has 13 heavy (non-hydrogen) atoms. The molecule has 74 valence electrons. The Hall–Kier alpha value is -1.09. The minimum Gasteiger partial charge on any atom is -0.459 e. The lowest BCUT2D eigenvalue weighted by Crippen LogP contribution is -2.29. The quantitative estimate of drug-likeness (QED) is 0.408. The van der Waals surface area contributed by atoms with Gasteiger partial charge in [0.2, 0.25) is 0 Å². The van der Waals surface area contributed by atoms with Crippen molar-refractivity contribution in [1.82, 2.24) is 0 Å². The maximum absolute atomic E-state index is 11.1. The zero-order chi connectivity index (χ0) is 10.5. The maximum Gasteiger partial charge on any atom is 0.333 e. The number of esters is 1. The van der Waals surface area contributed by atoms with Gasteiger partial charge < -0.3 is 9.84 Å². The molecule has 0 amide bonds. The minimum atomic E-state index is -1.15. The fourth-order valence-electron chi connectivity index (χ4n) is 0.502. The molecule has 0 aliphatic heterocycles. The van der Waals surface area contributed by atoms with Crippen molar-refractivity contribution in [2.75, 3.05) is 6.61 Å². The average molecular weight is 184 g/mol. The van der Waals surface area contributed by atoms with Crippen LogP contribution in [-0.4, -0.2) is 23.3 Å². The maximum atomic E-state index is 11.1. The second-order valence-corrected chi connectivity index (χ2v) is 3.11. The summed E-state index contributed by atoms with van der Waals surface area (Å²) in [5.41, 5.74) is -0.621. The second kappa shape index (κ2) is 4.82. The van der Waals surface area contributed by atoms with E-state index in [9.17, 15) is 9.90 Å². The number of carbonyl (C=O) groups is 1. The molecule has 0 bridgehead atoms. The van der Waals surface area contributed by atoms with Gasteiger partial charge in [0.05, 0.1) is 0 Å². The molecule has 0 aliphatic rings. The number of allylic oxidation sites excluding steroid dienone is 1. The molecular weight excluding hydrogens is 168 g/mol. The van der Waals surface area contributed by atoms with Crippen molar-refractivity contribution in [3.05, 3.63) is 24.3 Å². The van der Waals surface area contributed by atoms with E-state index in [0.29, 0.717) is 5.57 Å². The zero-order valence-electron chi connectivity index (χ0n) is 8.33. The number of hydrogen-bond donors (Lipinski definition) is 1. The Morgan fingerprint density at radius 3 is 2.62 bits per heavy atom. The highest BCUT2D eigenvalue weighted by Gasteiger charge is 2.18. The van der Waals surface area contributed by atoms with Gasteiger partial charge in [-0.05, 0) is 20.8 Å². The highest BCUT2D eigenvalue weighted by Crippen LogP contribution is 2.06. The van der Waals surface area contributed by atoms with E-state index in [4.69, 9.17) is 4.74 Å². The van der Waals surface area contributed by atoms with Gasteiger partial charge in [-0.1, -0.05) is 12.2 Å². The fourth-order valence-corrected chi connectivity index (χ4v) is 0.502. The Morgan fingerprint density at radius 1 is 1.69 bits per heavy atom. The molecule has 1 N–H and O–H groups in total. The van der Waals surface area contributed by atoms with E-state index in [2.05, 4.69) is 6.58 Å². The Balaban J connectivity index is 4.04. The van der Waals surface area contributed by atoms with E-state index in [1.165, 1.54) is 13.0 Å². The van der Waals surface area contributed by atoms with Crippen LogP contribution in [0, 0.1) is 0 Å². The van der Waals surface area contributed by atoms with Gasteiger partial charge in [-0.3, -0.25) is 0 Å². The first-order chi connectivity index (χ1) is 5.93. The summed E-state index contributed by atoms with van der Waals surface area (Å²) >= 11 is 0. The standard InChI is InChI=1S/C10H16O3/c1-5-8(3)9(11)13-7-10(4,12)6-2/h5-6,12H,2,7H2,1,3-4H3/b8-5-. The topological polar surface area (TPSA) is 46.5 Å². The summed E-state index contributed by atoms with van der Waals surface area (Å²) in [6.45, 7) is 8.29. The van der Waals surface area contributed by atoms with Crippen LogP contribution in [0.1, 0.15) is 20.8 Å². The first-order valence-corrected chi connectivity index (χ1v) is 4.09. The average Bonchev–Trinajstić information content (AvgIpc) is 2.13. The molecule has 0 aliphatic carbocycles. The van der Waals surface area contributed by atoms with E-state index in [-0.39, 0.29) is 6.61 Å². The summed E-state index contributed by atoms with van der Waals surface area (Å²) in [7, 11) is 0. The Bertz CT molecular complexity index is 226. The summed E-state index contributed by atoms with van der Waals surface area (Å²) in [6.07, 6.45) is 3.00. The third-order valence-corrected chi connectivity index (χ3v) is 1.69. The molecule has 1 unspecified atom stereocenters. The first-order valence-electron chi connectivity index (χ1n) is 4.09. The van der Waals surface area contributed by atoms with E-state index in [1.54, 1.807) is 19.9 Å². The molecule has 0 aromatic carbocycles. The molecule has 0 heterocycles. The van der Waals surface area contributed by atoms with Gasteiger partial charge in [-0.25, -0.2) is 4.79 Å². The van der Waals surface area contributed by atoms with Gasteiger partial charge in [0, 0.05) is 5.57 Å². The molecule has 0 aromatic heterocycles. The van der Waals surface area contributed by atoms with Crippen LogP contribution in [0.15, 0.2) is 24.3 Å². The number of hydrogen-bond acceptors (Lipinski definition) is 3. The summed E-state index contributed by atoms with van der Waals surface area (Å²) in [5.74, 6) is -0.412. The summed E-state index contributed by atoms with van der Waals surface area (Å²) in [4.78, 5) is 11.1. The van der Waals surface area contributed by atoms with Crippen LogP contribution in [0.5, 0.6) is 0 Å². The number of rotatable bonds is 4. The molecule has 0 aromatic rings. The fraction of sp³-hybridized carbons (Fsp3) is 0.500. The van der Waals surface area contributed by atoms with Gasteiger partial charge >= 0.3 is 5.97 Å². The summed E-state index contributed by atoms with van der Waals surface area (Å²) < 4.78 is 4.82. The van der Waals surface area contributed by atoms with Crippen LogP contribution in [0.3, 0.4) is 0 Å². The predicted octanol–water partition coefficient (Wildman–Crippen LogP) is 1.43. The molecule has 0 fully saturated rings. The third kappa shape index (κ3) is 4.48. The molecule has 0 saturated carbocycles. The van der Waals surface area contributed by atoms with Gasteiger partial charge in [0.15, 0.2) is 0 Å². The highest BCUT2D eigenvalue weighted by molar-refractivity contribution is 5.87. The molecule has 1 atom stereocenters. The van der Waals surface area contributed by atoms with Gasteiger partial charge in [0.1, 0.15) is 12.2 Å². The van der Waals surface area contributed by atoms with E-state index >= 15 is 0 Å². The summed E-state index contributed by atoms with van der Waals surface area (Å²) in [5, 5.41) is 9.41. The molecule has 0 radical (unpaired) electrons. The number of carbonyl (C=O) groups excluding carboxylic acids is 1. The predicted molar refractivity (Wildman–Crippen MR) is 51.2 cm³/mol. The van der Waals surface area contributed by atoms with Crippen molar-refractivity contribution in [2.24, 2.45) is 0 Å². The number of aliphatic hydroxyl groups is 1. The molecular formula is C10H16O3. The van der Waals surface area contributed by atoms with Gasteiger partial charge in [0.25, 0.3) is 0 Å². The van der Waals surface area contributed by atoms with Crippen molar-refractivity contribution in [3.63, 3.8) is 0 Å². The second-order valence-electron chi connectivity index (χ2n) is 3.11. The monoisotopic (exact) mass is 184 g/mol. The molecule has 0 rings (SSSR count). The smallest absolute Gasteiger partial charge is 0.333 e. The lowest BCUT2D eigenvalue weighted by Gasteiger charge is -2.17. The van der Waals surface area contributed by atoms with Crippen LogP contribution in [0.4, 0.5) is 0 Å². The first kappa shape index (κ1) is 11.9. The van der Waals surface area contributed by atoms with Crippen molar-refractivity contribution in [2.45, 2.75) is 26.4 Å². The van der Waals surface area contributed by atoms with E-state index in [1.807, 2.05) is 0 Å². The molecule has 0 spiro atoms. The van der Waals surface area contributed by atoms with Gasteiger partial charge in [-0.15, -0.1) is 6.58 Å². The van der Waals surface area contributed by atoms with E-state index < -0.39 is 11.6 Å². The van der Waals surface area contributed by atoms with Crippen LogP contribution >= 0.6 is 0 Å². The van der Waals surface area contributed by atoms with Crippen LogP contribution in [-0.2, 0) is 9.53 Å². The Labute approximate surface area is 78.7 Å². The van der Waals surface area contributed by atoms with Crippen LogP contribution in [0.2, 0.25) is 0 Å². The normalized spacial score (nSPS) is 16.2. The lowest BCUT2D eigenvalue weighted by molar-refractivity contribution is -0.143. The summed E-state index contributed by atoms with van der Waals surface area (Å²) in [6, 6.07) is 0. The van der Waals surface area contributed by atoms with E-state index in [0.717, 1.165) is 0 Å². The van der Waals surface area contributed by atoms with Crippen molar-refractivity contribution >= 4 is 5.97 Å². The van der Waals surface area contributed by atoms with Gasteiger partial charge in [-0.2, -0.15) is 0 Å². The minimum absolute atomic E-state index is 0.0689. The molecule has 0 saturated heterocycles. The Morgan fingerprint density at radius 2 is 2.23 bits per heavy atom. The lowest BCUT2D eigenvalue weighted by atomic mass is 10.1. The van der Waals surface area contributed by atoms with Crippen LogP contribution in [0.25, 0.3) is 0 Å². The third-order valence-electron chi connectivity index (χ3n) is 1.69. The molecule has 3 heteroatoms. The zero-order valence-corrected chi connectivity index (χ0v) is 8.33. The largest absolute Gasteiger partial charge is 0.459 e. The Kier molecular flexibility index (Phi) is 4.42. The number of ether oxygens (including phenoxy) is 1.